The predicted molar refractivity (Wildman–Crippen MR) is 76.3 cm³/mol. The first-order valence-electron chi connectivity index (χ1n) is 5.85. The van der Waals surface area contributed by atoms with Gasteiger partial charge in [0, 0.05) is 32.5 Å². The maximum Gasteiger partial charge on any atom is 0.276 e. The van der Waals surface area contributed by atoms with Crippen molar-refractivity contribution in [2.45, 2.75) is 0 Å². The Balaban J connectivity index is 2.15. The van der Waals surface area contributed by atoms with Crippen molar-refractivity contribution in [3.05, 3.63) is 36.2 Å². The van der Waals surface area contributed by atoms with Gasteiger partial charge >= 0.3 is 0 Å². The lowest BCUT2D eigenvalue weighted by Crippen LogP contribution is -2.17. The minimum absolute atomic E-state index is 0.268. The number of benzene rings is 1. The van der Waals surface area contributed by atoms with Crippen LogP contribution in [0.1, 0.15) is 10.5 Å². The Morgan fingerprint density at radius 3 is 2.42 bits per heavy atom. The molecule has 0 saturated heterocycles. The van der Waals surface area contributed by atoms with Crippen LogP contribution >= 0.6 is 0 Å². The molecule has 1 aromatic carbocycles. The smallest absolute Gasteiger partial charge is 0.276 e. The third-order valence-corrected chi connectivity index (χ3v) is 2.82. The van der Waals surface area contributed by atoms with Crippen LogP contribution in [0, 0.1) is 0 Å². The number of nitrogens with one attached hydrogen (secondary N) is 1. The molecule has 0 aliphatic carbocycles. The highest BCUT2D eigenvalue weighted by Gasteiger charge is 2.14. The molecule has 0 aliphatic rings. The molecule has 0 saturated carbocycles. The summed E-state index contributed by atoms with van der Waals surface area (Å²) in [6.45, 7) is 0. The van der Waals surface area contributed by atoms with Gasteiger partial charge in [-0.3, -0.25) is 9.48 Å². The van der Waals surface area contributed by atoms with Crippen LogP contribution in [0.4, 0.5) is 17.1 Å². The number of amides is 1. The van der Waals surface area contributed by atoms with Crippen LogP contribution in [0.15, 0.2) is 30.5 Å². The highest BCUT2D eigenvalue weighted by Crippen LogP contribution is 2.17. The molecule has 2 rings (SSSR count). The maximum absolute atomic E-state index is 12.1. The van der Waals surface area contributed by atoms with E-state index in [1.54, 1.807) is 7.05 Å². The predicted octanol–water partition coefficient (Wildman–Crippen LogP) is 1.32. The minimum atomic E-state index is -0.268. The van der Waals surface area contributed by atoms with E-state index in [0.717, 1.165) is 11.4 Å². The minimum Gasteiger partial charge on any atom is -0.396 e. The number of nitrogens with two attached hydrogens (primary N) is 1. The average Bonchev–Trinajstić information content (AvgIpc) is 2.69. The number of nitrogen functional groups attached to an aromatic ring is 1. The molecule has 2 aromatic rings. The molecule has 0 radical (unpaired) electrons. The normalized spacial score (nSPS) is 10.3. The molecule has 1 heterocycles. The van der Waals surface area contributed by atoms with Gasteiger partial charge in [0.15, 0.2) is 0 Å². The standard InChI is InChI=1S/C13H17N5O/c1-17(2)10-6-4-9(5-7-10)16-13(19)12-11(14)8-15-18(12)3/h4-8H,14H2,1-3H3,(H,16,19). The first kappa shape index (κ1) is 12.9. The van der Waals surface area contributed by atoms with E-state index in [2.05, 4.69) is 10.4 Å². The number of aryl methyl sites for hydroxylation is 1. The van der Waals surface area contributed by atoms with E-state index in [4.69, 9.17) is 5.73 Å². The van der Waals surface area contributed by atoms with E-state index in [9.17, 15) is 4.79 Å². The maximum atomic E-state index is 12.1. The lowest BCUT2D eigenvalue weighted by molar-refractivity contribution is 0.101. The Hall–Kier alpha value is -2.50. The number of rotatable bonds is 3. The fourth-order valence-corrected chi connectivity index (χ4v) is 1.77. The van der Waals surface area contributed by atoms with Crippen molar-refractivity contribution < 1.29 is 4.79 Å². The molecule has 0 fully saturated rings. The van der Waals surface area contributed by atoms with Gasteiger partial charge in [-0.25, -0.2) is 0 Å². The van der Waals surface area contributed by atoms with Gasteiger partial charge in [-0.2, -0.15) is 5.10 Å². The molecule has 6 nitrogen and oxygen atoms in total. The van der Waals surface area contributed by atoms with Crippen LogP contribution < -0.4 is 16.0 Å². The number of nitrogens with zero attached hydrogens (tertiary/aromatic N) is 3. The number of anilines is 3. The molecule has 19 heavy (non-hydrogen) atoms. The average molecular weight is 259 g/mol. The van der Waals surface area contributed by atoms with Crippen LogP contribution in [-0.2, 0) is 7.05 Å². The van der Waals surface area contributed by atoms with Crippen molar-refractivity contribution in [2.24, 2.45) is 7.05 Å². The molecular formula is C13H17N5O. The number of carbonyl (C=O) groups excluding carboxylic acids is 1. The largest absolute Gasteiger partial charge is 0.396 e. The summed E-state index contributed by atoms with van der Waals surface area (Å²) >= 11 is 0. The van der Waals surface area contributed by atoms with Gasteiger partial charge in [-0.05, 0) is 24.3 Å². The molecule has 6 heteroatoms. The van der Waals surface area contributed by atoms with Gasteiger partial charge in [0.1, 0.15) is 5.69 Å². The summed E-state index contributed by atoms with van der Waals surface area (Å²) in [6.07, 6.45) is 1.46. The molecule has 1 aromatic heterocycles. The Morgan fingerprint density at radius 2 is 1.95 bits per heavy atom. The lowest BCUT2D eigenvalue weighted by Gasteiger charge is -2.13. The zero-order chi connectivity index (χ0) is 14.0. The van der Waals surface area contributed by atoms with Crippen molar-refractivity contribution in [2.75, 3.05) is 30.0 Å². The molecule has 100 valence electrons. The quantitative estimate of drug-likeness (QED) is 0.871. The van der Waals surface area contributed by atoms with Crippen LogP contribution in [0.5, 0.6) is 0 Å². The Bertz CT molecular complexity index is 566. The molecule has 0 unspecified atom stereocenters. The SMILES string of the molecule is CN(C)c1ccc(NC(=O)c2c(N)cnn2C)cc1. The number of hydrogen-bond donors (Lipinski definition) is 2. The first-order valence-corrected chi connectivity index (χ1v) is 5.85. The summed E-state index contributed by atoms with van der Waals surface area (Å²) < 4.78 is 1.46. The van der Waals surface area contributed by atoms with Crippen molar-refractivity contribution in [1.82, 2.24) is 9.78 Å². The summed E-state index contributed by atoms with van der Waals surface area (Å²) in [6, 6.07) is 7.56. The molecule has 0 spiro atoms. The Labute approximate surface area is 111 Å². The number of hydrogen-bond acceptors (Lipinski definition) is 4. The summed E-state index contributed by atoms with van der Waals surface area (Å²) in [5, 5.41) is 6.73. The molecule has 1 amide bonds. The fourth-order valence-electron chi connectivity index (χ4n) is 1.77. The zero-order valence-corrected chi connectivity index (χ0v) is 11.2. The van der Waals surface area contributed by atoms with E-state index in [1.165, 1.54) is 10.9 Å². The van der Waals surface area contributed by atoms with Gasteiger partial charge in [-0.15, -0.1) is 0 Å². The van der Waals surface area contributed by atoms with Crippen molar-refractivity contribution in [3.63, 3.8) is 0 Å². The lowest BCUT2D eigenvalue weighted by atomic mass is 10.2. The summed E-state index contributed by atoms with van der Waals surface area (Å²) in [7, 11) is 5.61. The van der Waals surface area contributed by atoms with Crippen LogP contribution in [0.3, 0.4) is 0 Å². The third kappa shape index (κ3) is 2.67. The molecule has 0 bridgehead atoms. The highest BCUT2D eigenvalue weighted by atomic mass is 16.2. The molecule has 0 atom stereocenters. The summed E-state index contributed by atoms with van der Waals surface area (Å²) in [5.74, 6) is -0.268. The second-order valence-electron chi connectivity index (χ2n) is 4.47. The van der Waals surface area contributed by atoms with Crippen LogP contribution in [0.25, 0.3) is 0 Å². The van der Waals surface area contributed by atoms with E-state index < -0.39 is 0 Å². The first-order chi connectivity index (χ1) is 8.99. The van der Waals surface area contributed by atoms with Gasteiger partial charge in [0.05, 0.1) is 11.9 Å². The second kappa shape index (κ2) is 5.01. The monoisotopic (exact) mass is 259 g/mol. The van der Waals surface area contributed by atoms with Crippen molar-refractivity contribution in [3.8, 4) is 0 Å². The van der Waals surface area contributed by atoms with Gasteiger partial charge in [0.25, 0.3) is 5.91 Å². The van der Waals surface area contributed by atoms with E-state index in [-0.39, 0.29) is 5.91 Å². The van der Waals surface area contributed by atoms with E-state index in [0.29, 0.717) is 11.4 Å². The highest BCUT2D eigenvalue weighted by molar-refractivity contribution is 6.06. The Morgan fingerprint density at radius 1 is 1.32 bits per heavy atom. The number of carbonyl (C=O) groups is 1. The van der Waals surface area contributed by atoms with Crippen molar-refractivity contribution in [1.29, 1.82) is 0 Å². The van der Waals surface area contributed by atoms with Gasteiger partial charge < -0.3 is 16.0 Å². The zero-order valence-electron chi connectivity index (χ0n) is 11.2. The third-order valence-electron chi connectivity index (χ3n) is 2.82. The topological polar surface area (TPSA) is 76.2 Å². The van der Waals surface area contributed by atoms with E-state index in [1.807, 2.05) is 43.3 Å². The van der Waals surface area contributed by atoms with Crippen LogP contribution in [0.2, 0.25) is 0 Å². The van der Waals surface area contributed by atoms with E-state index >= 15 is 0 Å². The van der Waals surface area contributed by atoms with Gasteiger partial charge in [-0.1, -0.05) is 0 Å². The van der Waals surface area contributed by atoms with Gasteiger partial charge in [0.2, 0.25) is 0 Å². The molecule has 3 N–H and O–H groups in total. The van der Waals surface area contributed by atoms with Crippen LogP contribution in [-0.4, -0.2) is 29.8 Å². The summed E-state index contributed by atoms with van der Waals surface area (Å²) in [5.41, 5.74) is 8.22. The molecule has 0 aliphatic heterocycles. The van der Waals surface area contributed by atoms with Crippen molar-refractivity contribution >= 4 is 23.0 Å². The number of aromatic nitrogens is 2. The Kier molecular flexibility index (Phi) is 3.41. The fraction of sp³-hybridized carbons (Fsp3) is 0.231. The second-order valence-corrected chi connectivity index (χ2v) is 4.47. The summed E-state index contributed by atoms with van der Waals surface area (Å²) in [4.78, 5) is 14.1. The molecular weight excluding hydrogens is 242 g/mol.